The minimum Gasteiger partial charge on any atom is -0.504 e. The third kappa shape index (κ3) is 7.24. The van der Waals surface area contributed by atoms with Crippen LogP contribution in [0.25, 0.3) is 0 Å². The molecule has 2 heterocycles. The topological polar surface area (TPSA) is 155 Å². The zero-order chi connectivity index (χ0) is 31.3. The van der Waals surface area contributed by atoms with Crippen molar-refractivity contribution in [1.29, 1.82) is 0 Å². The first-order chi connectivity index (χ1) is 21.2. The number of benzene rings is 2. The van der Waals surface area contributed by atoms with Crippen LogP contribution in [0, 0.1) is 0 Å². The molecule has 5 rings (SSSR count). The monoisotopic (exact) mass is 602 g/mol. The lowest BCUT2D eigenvalue weighted by molar-refractivity contribution is -0.121. The zero-order valence-electron chi connectivity index (χ0n) is 25.6. The number of ketones is 1. The third-order valence-corrected chi connectivity index (χ3v) is 9.16. The molecule has 0 amide bonds. The maximum atomic E-state index is 12.4. The molecule has 1 aliphatic carbocycles. The first-order valence-electron chi connectivity index (χ1n) is 15.9. The van der Waals surface area contributed by atoms with Gasteiger partial charge in [-0.05, 0) is 66.5 Å². The molecular weight excluding hydrogens is 556 g/mol. The Bertz CT molecular complexity index is 1430. The number of phenolic OH excluding ortho intramolecular Hbond substituents is 1. The van der Waals surface area contributed by atoms with E-state index in [9.17, 15) is 20.1 Å². The molecule has 9 nitrogen and oxygen atoms in total. The van der Waals surface area contributed by atoms with Gasteiger partial charge in [0.1, 0.15) is 5.78 Å². The lowest BCUT2D eigenvalue weighted by atomic mass is 9.71. The number of aromatic hydroxyl groups is 1. The molecule has 0 unspecified atom stereocenters. The van der Waals surface area contributed by atoms with Crippen LogP contribution >= 0.6 is 0 Å². The number of aryl methyl sites for hydroxylation is 1. The lowest BCUT2D eigenvalue weighted by Gasteiger charge is -2.32. The largest absolute Gasteiger partial charge is 0.504 e. The zero-order valence-corrected chi connectivity index (χ0v) is 25.6. The SMILES string of the molecule is CCC[C@H](O)C[C@@H](O)CC(=O)CCc1ccc(O)c(OCN2C=C3N=CC(C4(c5cccc(C(N)N)c5)CCCC4)=C3C2)c1. The fourth-order valence-electron chi connectivity index (χ4n) is 6.84. The molecular formula is C35H46N4O5. The molecule has 0 bridgehead atoms. The smallest absolute Gasteiger partial charge is 0.163 e. The van der Waals surface area contributed by atoms with Crippen molar-refractivity contribution in [3.63, 3.8) is 0 Å². The molecule has 0 saturated heterocycles. The van der Waals surface area contributed by atoms with E-state index < -0.39 is 18.4 Å². The van der Waals surface area contributed by atoms with Crippen LogP contribution in [-0.2, 0) is 16.6 Å². The highest BCUT2D eigenvalue weighted by Gasteiger charge is 2.43. The number of carbonyl (C=O) groups excluding carboxylic acids is 1. The number of fused-ring (bicyclic) bond motifs is 1. The van der Waals surface area contributed by atoms with Crippen LogP contribution in [0.2, 0.25) is 0 Å². The summed E-state index contributed by atoms with van der Waals surface area (Å²) in [5.41, 5.74) is 18.3. The van der Waals surface area contributed by atoms with Gasteiger partial charge in [0.05, 0.1) is 24.1 Å². The molecule has 0 radical (unpaired) electrons. The van der Waals surface area contributed by atoms with Crippen LogP contribution in [0.5, 0.6) is 11.5 Å². The minimum absolute atomic E-state index is 0.0272. The molecule has 236 valence electrons. The molecule has 7 N–H and O–H groups in total. The van der Waals surface area contributed by atoms with Crippen LogP contribution in [-0.4, -0.2) is 57.7 Å². The number of nitrogens with two attached hydrogens (primary N) is 2. The van der Waals surface area contributed by atoms with E-state index in [1.165, 1.54) is 16.7 Å². The van der Waals surface area contributed by atoms with Crippen molar-refractivity contribution < 1.29 is 24.9 Å². The first kappa shape index (κ1) is 31.9. The van der Waals surface area contributed by atoms with Crippen molar-refractivity contribution >= 4 is 12.0 Å². The highest BCUT2D eigenvalue weighted by Crippen LogP contribution is 2.50. The van der Waals surface area contributed by atoms with Crippen molar-refractivity contribution in [3.8, 4) is 11.5 Å². The Morgan fingerprint density at radius 1 is 1.11 bits per heavy atom. The van der Waals surface area contributed by atoms with Crippen LogP contribution in [0.3, 0.4) is 0 Å². The predicted molar refractivity (Wildman–Crippen MR) is 171 cm³/mol. The van der Waals surface area contributed by atoms with E-state index in [0.29, 0.717) is 25.1 Å². The van der Waals surface area contributed by atoms with Gasteiger partial charge in [0.15, 0.2) is 18.2 Å². The van der Waals surface area contributed by atoms with Gasteiger partial charge in [-0.25, -0.2) is 0 Å². The standard InChI is InChI=1S/C35H46N4O5/c1-2-6-26(40)17-28(42)18-27(41)11-9-23-10-12-32(43)33(15-23)44-22-39-20-29-30(19-38-31(29)21-39)35(13-3-4-14-35)25-8-5-7-24(16-25)34(36)37/h5,7-8,10,12,15-16,19,21,26,28,34,40,42-43H,2-4,6,9,11,13-14,17-18,20,22,36-37H2,1H3/t26-,28+/m0/s1. The molecule has 0 spiro atoms. The first-order valence-corrected chi connectivity index (χ1v) is 15.9. The van der Waals surface area contributed by atoms with Crippen LogP contribution in [0.15, 0.2) is 70.5 Å². The van der Waals surface area contributed by atoms with E-state index in [1.54, 1.807) is 18.2 Å². The van der Waals surface area contributed by atoms with Gasteiger partial charge in [0.2, 0.25) is 0 Å². The summed E-state index contributed by atoms with van der Waals surface area (Å²) in [5, 5.41) is 30.5. The van der Waals surface area contributed by atoms with Crippen molar-refractivity contribution in [1.82, 2.24) is 4.90 Å². The van der Waals surface area contributed by atoms with E-state index in [0.717, 1.165) is 48.9 Å². The summed E-state index contributed by atoms with van der Waals surface area (Å²) < 4.78 is 6.05. The number of phenols is 1. The summed E-state index contributed by atoms with van der Waals surface area (Å²) in [4.78, 5) is 19.3. The Kier molecular flexibility index (Phi) is 10.2. The van der Waals surface area contributed by atoms with Crippen LogP contribution < -0.4 is 16.2 Å². The van der Waals surface area contributed by atoms with Gasteiger partial charge in [-0.15, -0.1) is 0 Å². The van der Waals surface area contributed by atoms with Crippen molar-refractivity contribution in [2.24, 2.45) is 16.5 Å². The molecule has 44 heavy (non-hydrogen) atoms. The van der Waals surface area contributed by atoms with E-state index in [1.807, 2.05) is 31.5 Å². The molecule has 2 aromatic rings. The number of rotatable bonds is 15. The Morgan fingerprint density at radius 3 is 2.66 bits per heavy atom. The average molecular weight is 603 g/mol. The number of aliphatic hydroxyl groups is 2. The Balaban J connectivity index is 1.20. The normalized spacial score (nSPS) is 18.6. The summed E-state index contributed by atoms with van der Waals surface area (Å²) in [6, 6.07) is 13.5. The van der Waals surface area contributed by atoms with Gasteiger partial charge in [0.25, 0.3) is 0 Å². The molecule has 1 fully saturated rings. The molecule has 2 aromatic carbocycles. The van der Waals surface area contributed by atoms with E-state index in [2.05, 4.69) is 17.0 Å². The fraction of sp³-hybridized carbons (Fsp3) is 0.486. The number of nitrogens with zero attached hydrogens (tertiary/aromatic N) is 2. The van der Waals surface area contributed by atoms with Gasteiger partial charge in [-0.2, -0.15) is 0 Å². The van der Waals surface area contributed by atoms with Crippen LogP contribution in [0.1, 0.15) is 87.6 Å². The lowest BCUT2D eigenvalue weighted by Crippen LogP contribution is -2.29. The minimum atomic E-state index is -0.838. The second-order valence-electron chi connectivity index (χ2n) is 12.5. The Morgan fingerprint density at radius 2 is 1.91 bits per heavy atom. The molecule has 2 atom stereocenters. The molecule has 9 heteroatoms. The number of hydrogen-bond acceptors (Lipinski definition) is 9. The van der Waals surface area contributed by atoms with E-state index in [-0.39, 0.29) is 42.9 Å². The summed E-state index contributed by atoms with van der Waals surface area (Å²) in [6.07, 6.45) is 8.92. The Labute approximate surface area is 259 Å². The van der Waals surface area contributed by atoms with Crippen molar-refractivity contribution in [2.75, 3.05) is 13.3 Å². The number of aliphatic imine (C=N–C) groups is 1. The van der Waals surface area contributed by atoms with Crippen molar-refractivity contribution in [3.05, 3.63) is 82.2 Å². The van der Waals surface area contributed by atoms with Gasteiger partial charge in [-0.1, -0.05) is 56.5 Å². The Hall–Kier alpha value is -3.50. The molecule has 2 aliphatic heterocycles. The van der Waals surface area contributed by atoms with Gasteiger partial charge < -0.3 is 36.4 Å². The number of ether oxygens (including phenoxy) is 1. The van der Waals surface area contributed by atoms with Crippen molar-refractivity contribution in [2.45, 2.75) is 94.9 Å². The summed E-state index contributed by atoms with van der Waals surface area (Å²) in [7, 11) is 0. The number of allylic oxidation sites excluding steroid dienone is 1. The van der Waals surface area contributed by atoms with Crippen LogP contribution in [0.4, 0.5) is 0 Å². The molecule has 1 saturated carbocycles. The quantitative estimate of drug-likeness (QED) is 0.187. The molecule has 0 aromatic heterocycles. The second-order valence-corrected chi connectivity index (χ2v) is 12.5. The van der Waals surface area contributed by atoms with E-state index in [4.69, 9.17) is 21.2 Å². The maximum Gasteiger partial charge on any atom is 0.163 e. The maximum absolute atomic E-state index is 12.4. The predicted octanol–water partition coefficient (Wildman–Crippen LogP) is 4.50. The van der Waals surface area contributed by atoms with Gasteiger partial charge >= 0.3 is 0 Å². The van der Waals surface area contributed by atoms with E-state index >= 15 is 0 Å². The molecule has 3 aliphatic rings. The number of aliphatic hydroxyl groups excluding tert-OH is 2. The van der Waals surface area contributed by atoms with Gasteiger partial charge in [-0.3, -0.25) is 9.79 Å². The number of carbonyl (C=O) groups is 1. The highest BCUT2D eigenvalue weighted by molar-refractivity contribution is 5.90. The number of hydrogen-bond donors (Lipinski definition) is 5. The summed E-state index contributed by atoms with van der Waals surface area (Å²) in [6.45, 7) is 2.87. The fourth-order valence-corrected chi connectivity index (χ4v) is 6.84. The summed E-state index contributed by atoms with van der Waals surface area (Å²) in [5.74, 6) is 0.329. The van der Waals surface area contributed by atoms with Gasteiger partial charge in [0, 0.05) is 42.8 Å². The number of Topliss-reactive ketones (excluding diaryl/α,β-unsaturated/α-hetero) is 1. The third-order valence-electron chi connectivity index (χ3n) is 9.16. The highest BCUT2D eigenvalue weighted by atomic mass is 16.5. The average Bonchev–Trinajstić information content (AvgIpc) is 3.73. The second kappa shape index (κ2) is 14.1. The summed E-state index contributed by atoms with van der Waals surface area (Å²) >= 11 is 0.